The second-order valence-corrected chi connectivity index (χ2v) is 24.7. The third kappa shape index (κ3) is 5.94. The first-order chi connectivity index (χ1) is 31.2. The fourth-order valence-electron chi connectivity index (χ4n) is 11.2. The highest BCUT2D eigenvalue weighted by Crippen LogP contribution is 2.55. The summed E-state index contributed by atoms with van der Waals surface area (Å²) >= 11 is 1.99. The molecule has 0 spiro atoms. The van der Waals surface area contributed by atoms with Crippen molar-refractivity contribution in [3.05, 3.63) is 155 Å². The Hall–Kier alpha value is -6.04. The molecule has 0 aliphatic carbocycles. The van der Waals surface area contributed by atoms with E-state index in [9.17, 15) is 0 Å². The zero-order chi connectivity index (χ0) is 46.1. The molecule has 5 heteroatoms. The average molecular weight is 878 g/mol. The maximum Gasteiger partial charge on any atom is 0.264 e. The first-order valence-corrected chi connectivity index (χ1v) is 24.8. The number of nitrogens with zero attached hydrogens (tertiary/aromatic N) is 3. The monoisotopic (exact) mass is 877 g/mol. The van der Waals surface area contributed by atoms with Crippen molar-refractivity contribution in [2.24, 2.45) is 0 Å². The van der Waals surface area contributed by atoms with Gasteiger partial charge in [0.1, 0.15) is 0 Å². The first-order valence-electron chi connectivity index (χ1n) is 24.0. The number of hydrogen-bond acceptors (Lipinski definition) is 3. The number of fused-ring (bicyclic) bond motifs is 11. The van der Waals surface area contributed by atoms with Gasteiger partial charge in [0.25, 0.3) is 6.71 Å². The number of benzene rings is 7. The molecule has 0 radical (unpaired) electrons. The molecule has 0 amide bonds. The van der Waals surface area contributed by atoms with Crippen LogP contribution in [0.15, 0.2) is 127 Å². The molecule has 3 aliphatic heterocycles. The zero-order valence-electron chi connectivity index (χ0n) is 41.0. The fraction of sp³-hybridized carbons (Fsp3) is 0.279. The van der Waals surface area contributed by atoms with E-state index in [2.05, 4.69) is 232 Å². The van der Waals surface area contributed by atoms with Gasteiger partial charge in [-0.05, 0) is 145 Å². The van der Waals surface area contributed by atoms with E-state index in [1.54, 1.807) is 0 Å². The summed E-state index contributed by atoms with van der Waals surface area (Å²) in [7, 11) is 0. The first kappa shape index (κ1) is 41.4. The van der Waals surface area contributed by atoms with Crippen LogP contribution in [0.3, 0.4) is 0 Å². The maximum atomic E-state index is 2.70. The highest BCUT2D eigenvalue weighted by Gasteiger charge is 2.48. The second kappa shape index (κ2) is 13.5. The Morgan fingerprint density at radius 3 is 1.73 bits per heavy atom. The van der Waals surface area contributed by atoms with Crippen LogP contribution < -0.4 is 25.5 Å². The van der Waals surface area contributed by atoms with E-state index in [-0.39, 0.29) is 28.4 Å². The lowest BCUT2D eigenvalue weighted by atomic mass is 9.35. The van der Waals surface area contributed by atoms with Gasteiger partial charge in [0.05, 0.1) is 33.8 Å². The molecule has 3 nitrogen and oxygen atoms in total. The van der Waals surface area contributed by atoms with E-state index in [0.717, 1.165) is 0 Å². The van der Waals surface area contributed by atoms with Crippen LogP contribution in [0, 0.1) is 6.92 Å². The van der Waals surface area contributed by atoms with E-state index in [1.807, 2.05) is 11.3 Å². The van der Waals surface area contributed by atoms with Crippen molar-refractivity contribution in [2.75, 3.05) is 9.80 Å². The van der Waals surface area contributed by atoms with Gasteiger partial charge in [0, 0.05) is 42.7 Å². The molecule has 12 rings (SSSR count). The highest BCUT2D eigenvalue weighted by molar-refractivity contribution is 7.33. The topological polar surface area (TPSA) is 11.4 Å². The summed E-state index contributed by atoms with van der Waals surface area (Å²) in [5.41, 5.74) is 23.3. The summed E-state index contributed by atoms with van der Waals surface area (Å²) in [6, 6.07) is 50.0. The van der Waals surface area contributed by atoms with Crippen LogP contribution in [0.2, 0.25) is 0 Å². The van der Waals surface area contributed by atoms with Gasteiger partial charge in [-0.25, -0.2) is 0 Å². The molecule has 328 valence electrons. The molecule has 0 N–H and O–H groups in total. The minimum atomic E-state index is -0.0896. The minimum absolute atomic E-state index is 0.0186. The number of thiophene rings is 1. The van der Waals surface area contributed by atoms with Crippen molar-refractivity contribution >= 4 is 99.8 Å². The van der Waals surface area contributed by atoms with Crippen LogP contribution in [0.4, 0.5) is 34.1 Å². The molecular formula is C61H60BN3S. The maximum absolute atomic E-state index is 2.70. The quantitative estimate of drug-likeness (QED) is 0.160. The lowest BCUT2D eigenvalue weighted by molar-refractivity contribution is 0.590. The van der Waals surface area contributed by atoms with E-state index in [0.29, 0.717) is 0 Å². The number of rotatable bonds is 2. The number of aromatic nitrogens is 1. The van der Waals surface area contributed by atoms with Crippen molar-refractivity contribution in [1.82, 2.24) is 4.57 Å². The third-order valence-electron chi connectivity index (χ3n) is 14.9. The Morgan fingerprint density at radius 2 is 1.06 bits per heavy atom. The molecule has 2 aromatic heterocycles. The van der Waals surface area contributed by atoms with E-state index in [4.69, 9.17) is 0 Å². The molecule has 0 saturated carbocycles. The summed E-state index contributed by atoms with van der Waals surface area (Å²) in [4.78, 5) is 5.33. The van der Waals surface area contributed by atoms with Gasteiger partial charge in [-0.2, -0.15) is 0 Å². The molecule has 0 saturated heterocycles. The third-order valence-corrected chi connectivity index (χ3v) is 16.1. The van der Waals surface area contributed by atoms with E-state index in [1.165, 1.54) is 126 Å². The predicted molar refractivity (Wildman–Crippen MR) is 289 cm³/mol. The van der Waals surface area contributed by atoms with Gasteiger partial charge in [0.15, 0.2) is 0 Å². The summed E-state index contributed by atoms with van der Waals surface area (Å²) in [5, 5.41) is 3.97. The van der Waals surface area contributed by atoms with Crippen LogP contribution in [0.1, 0.15) is 111 Å². The Balaban J connectivity index is 1.24. The van der Waals surface area contributed by atoms with Crippen molar-refractivity contribution in [3.63, 3.8) is 0 Å². The van der Waals surface area contributed by atoms with E-state index < -0.39 is 0 Å². The van der Waals surface area contributed by atoms with Gasteiger partial charge in [-0.3, -0.25) is 0 Å². The summed E-state index contributed by atoms with van der Waals surface area (Å²) in [5.74, 6) is 0. The molecular weight excluding hydrogens is 818 g/mol. The predicted octanol–water partition coefficient (Wildman–Crippen LogP) is 15.6. The van der Waals surface area contributed by atoms with Gasteiger partial charge in [0.2, 0.25) is 0 Å². The van der Waals surface area contributed by atoms with Crippen molar-refractivity contribution in [3.8, 4) is 16.8 Å². The standard InChI is InChI=1S/C61H60BN3S/c1-35-27-48-53-49(28-35)65-50-33-40(60(8,9)10)31-44-43-30-39(59(5,6)7)22-25-47(43)64(54(44)50)51-34-41(61(11,12)13)32-46(56(51)65)62(53)57-55(63(48)42-23-20-38(21-24-42)58(2,3)4)45-29-37(19-26-52(45)66-57)36-17-15-14-16-18-36/h14-34H,1-13H3. The SMILES string of the molecule is Cc1cc2c3c(c1)N1c4c(cc(C(C)(C)C)cc4-n4c5ccc(C(C)(C)C)cc5c5cc(C(C)(C)C)cc1c54)B3c1sc3ccc(-c4ccccc4)cc3c1N2c1ccc(C(C)(C)C)cc1. The Morgan fingerprint density at radius 1 is 0.455 bits per heavy atom. The fourth-order valence-corrected chi connectivity index (χ4v) is 12.5. The lowest BCUT2D eigenvalue weighted by Gasteiger charge is -2.46. The molecule has 9 aromatic rings. The van der Waals surface area contributed by atoms with Gasteiger partial charge < -0.3 is 14.4 Å². The van der Waals surface area contributed by atoms with Gasteiger partial charge in [-0.15, -0.1) is 11.3 Å². The van der Waals surface area contributed by atoms with Gasteiger partial charge in [-0.1, -0.05) is 144 Å². The number of hydrogen-bond donors (Lipinski definition) is 0. The molecule has 66 heavy (non-hydrogen) atoms. The van der Waals surface area contributed by atoms with Gasteiger partial charge >= 0.3 is 0 Å². The zero-order valence-corrected chi connectivity index (χ0v) is 41.8. The Bertz CT molecular complexity index is 3520. The Kier molecular flexibility index (Phi) is 8.49. The molecule has 0 bridgehead atoms. The summed E-state index contributed by atoms with van der Waals surface area (Å²) in [6.45, 7) is 30.5. The number of aryl methyl sites for hydroxylation is 1. The van der Waals surface area contributed by atoms with Crippen molar-refractivity contribution in [1.29, 1.82) is 0 Å². The molecule has 3 aliphatic rings. The Labute approximate surface area is 395 Å². The lowest BCUT2D eigenvalue weighted by Crippen LogP contribution is -2.61. The molecule has 0 unspecified atom stereocenters. The summed E-state index contributed by atoms with van der Waals surface area (Å²) in [6.07, 6.45) is 0. The van der Waals surface area contributed by atoms with Crippen LogP contribution in [-0.2, 0) is 21.7 Å². The normalized spacial score (nSPS) is 14.3. The van der Waals surface area contributed by atoms with Crippen molar-refractivity contribution < 1.29 is 0 Å². The second-order valence-electron chi connectivity index (χ2n) is 23.7. The average Bonchev–Trinajstić information content (AvgIpc) is 3.80. The van der Waals surface area contributed by atoms with E-state index >= 15 is 0 Å². The molecule has 0 fully saturated rings. The number of anilines is 6. The van der Waals surface area contributed by atoms with Crippen LogP contribution in [0.5, 0.6) is 0 Å². The minimum Gasteiger partial charge on any atom is -0.310 e. The molecule has 5 heterocycles. The van der Waals surface area contributed by atoms with Crippen LogP contribution in [0.25, 0.3) is 48.7 Å². The largest absolute Gasteiger partial charge is 0.310 e. The molecule has 7 aromatic carbocycles. The van der Waals surface area contributed by atoms with Crippen LogP contribution in [-0.4, -0.2) is 11.3 Å². The van der Waals surface area contributed by atoms with Crippen LogP contribution >= 0.6 is 11.3 Å². The highest BCUT2D eigenvalue weighted by atomic mass is 32.1. The molecule has 0 atom stereocenters. The summed E-state index contributed by atoms with van der Waals surface area (Å²) < 4.78 is 5.38. The van der Waals surface area contributed by atoms with Crippen molar-refractivity contribution in [2.45, 2.75) is 112 Å². The smallest absolute Gasteiger partial charge is 0.264 e.